The van der Waals surface area contributed by atoms with Crippen molar-refractivity contribution in [2.45, 2.75) is 31.2 Å². The number of halogens is 2. The minimum absolute atomic E-state index is 0.0219. The van der Waals surface area contributed by atoms with Crippen molar-refractivity contribution in [1.82, 2.24) is 24.5 Å². The lowest BCUT2D eigenvalue weighted by molar-refractivity contribution is -0.385. The van der Waals surface area contributed by atoms with Gasteiger partial charge in [0.05, 0.1) is 16.9 Å². The number of para-hydroxylation sites is 1. The van der Waals surface area contributed by atoms with Gasteiger partial charge in [0, 0.05) is 30.0 Å². The van der Waals surface area contributed by atoms with Gasteiger partial charge in [-0.05, 0) is 43.5 Å². The average Bonchev–Trinajstić information content (AvgIpc) is 3.46. The number of hydrogen-bond acceptors (Lipinski definition) is 10. The summed E-state index contributed by atoms with van der Waals surface area (Å²) in [5.41, 5.74) is -0.101. The number of imidazole rings is 1. The van der Waals surface area contributed by atoms with Crippen molar-refractivity contribution < 1.29 is 26.9 Å². The molecule has 2 N–H and O–H groups in total. The molecule has 1 fully saturated rings. The normalized spacial score (nSPS) is 15.3. The molecule has 0 saturated carbocycles. The fourth-order valence-electron chi connectivity index (χ4n) is 4.98. The lowest BCUT2D eigenvalue weighted by Crippen LogP contribution is -2.17. The van der Waals surface area contributed by atoms with E-state index in [2.05, 4.69) is 30.0 Å². The minimum Gasteiger partial charge on any atom is -0.358 e. The van der Waals surface area contributed by atoms with Gasteiger partial charge in [-0.15, -0.1) is 0 Å². The maximum Gasteiger partial charge on any atom is 0.273 e. The number of nitro benzene ring substituents is 1. The third-order valence-corrected chi connectivity index (χ3v) is 8.24. The third-order valence-electron chi connectivity index (χ3n) is 7.02. The molecule has 1 aliphatic heterocycles. The summed E-state index contributed by atoms with van der Waals surface area (Å²) in [5, 5.41) is 13.9. The lowest BCUT2D eigenvalue weighted by Gasteiger charge is -2.23. The van der Waals surface area contributed by atoms with Gasteiger partial charge in [0.1, 0.15) is 46.8 Å². The Balaban J connectivity index is 1.32. The fraction of sp³-hybridized carbons (Fsp3) is 0.214. The molecule has 1 aliphatic rings. The molecule has 0 radical (unpaired) electrons. The second-order valence-corrected chi connectivity index (χ2v) is 11.6. The van der Waals surface area contributed by atoms with E-state index in [1.54, 1.807) is 18.5 Å². The van der Waals surface area contributed by atoms with Crippen LogP contribution in [-0.2, 0) is 20.5 Å². The van der Waals surface area contributed by atoms with E-state index in [4.69, 9.17) is 4.74 Å². The molecular weight excluding hydrogens is 598 g/mol. The second kappa shape index (κ2) is 11.9. The molecule has 44 heavy (non-hydrogen) atoms. The van der Waals surface area contributed by atoms with Crippen molar-refractivity contribution in [3.05, 3.63) is 94.7 Å². The van der Waals surface area contributed by atoms with Gasteiger partial charge < -0.3 is 10.1 Å². The smallest absolute Gasteiger partial charge is 0.273 e. The van der Waals surface area contributed by atoms with Crippen LogP contribution in [0.25, 0.3) is 22.4 Å². The molecule has 5 aromatic rings. The van der Waals surface area contributed by atoms with E-state index < -0.39 is 49.4 Å². The number of nitro groups is 1. The highest BCUT2D eigenvalue weighted by Gasteiger charge is 2.25. The van der Waals surface area contributed by atoms with E-state index in [1.807, 2.05) is 4.57 Å². The number of ether oxygens (including phenoxy) is 1. The molecule has 2 aromatic carbocycles. The Bertz CT molecular complexity index is 1980. The van der Waals surface area contributed by atoms with Crippen molar-refractivity contribution in [2.24, 2.45) is 0 Å². The van der Waals surface area contributed by atoms with Gasteiger partial charge >= 0.3 is 0 Å². The summed E-state index contributed by atoms with van der Waals surface area (Å²) in [5.74, 6) is -3.06. The predicted octanol–water partition coefficient (Wildman–Crippen LogP) is 5.46. The summed E-state index contributed by atoms with van der Waals surface area (Å²) in [7, 11) is -4.35. The Kier molecular flexibility index (Phi) is 7.84. The van der Waals surface area contributed by atoms with E-state index in [9.17, 15) is 22.9 Å². The molecule has 0 aliphatic carbocycles. The van der Waals surface area contributed by atoms with Crippen LogP contribution in [0, 0.1) is 21.7 Å². The van der Waals surface area contributed by atoms with Gasteiger partial charge in [-0.3, -0.25) is 19.4 Å². The van der Waals surface area contributed by atoms with E-state index >= 15 is 4.39 Å². The van der Waals surface area contributed by atoms with Crippen molar-refractivity contribution in [1.29, 1.82) is 0 Å². The first-order valence-corrected chi connectivity index (χ1v) is 15.1. The number of pyridine rings is 1. The molecule has 0 spiro atoms. The molecule has 3 aromatic heterocycles. The minimum atomic E-state index is -4.35. The highest BCUT2D eigenvalue weighted by atomic mass is 32.2. The van der Waals surface area contributed by atoms with Gasteiger partial charge in [0.25, 0.3) is 5.69 Å². The molecule has 1 unspecified atom stereocenters. The van der Waals surface area contributed by atoms with Crippen LogP contribution in [0.3, 0.4) is 0 Å². The van der Waals surface area contributed by atoms with Crippen LogP contribution in [-0.4, -0.2) is 44.5 Å². The van der Waals surface area contributed by atoms with Gasteiger partial charge in [-0.2, -0.15) is 0 Å². The SMILES string of the molecule is O=[N+]([O-])c1ccccc1CS(=O)(=O)Nc1ccc(F)c(Nc2ncccc2-c2ncnc3c2ncn3C2CCCCO2)c1F. The number of nitrogens with zero attached hydrogens (tertiary/aromatic N) is 6. The monoisotopic (exact) mass is 622 g/mol. The van der Waals surface area contributed by atoms with Crippen LogP contribution < -0.4 is 10.0 Å². The number of fused-ring (bicyclic) bond motifs is 1. The summed E-state index contributed by atoms with van der Waals surface area (Å²) in [6.07, 6.45) is 6.91. The van der Waals surface area contributed by atoms with E-state index in [0.717, 1.165) is 37.5 Å². The molecule has 1 saturated heterocycles. The summed E-state index contributed by atoms with van der Waals surface area (Å²) in [6, 6.07) is 10.3. The summed E-state index contributed by atoms with van der Waals surface area (Å²) in [6.45, 7) is 0.623. The Labute approximate surface area is 249 Å². The number of sulfonamides is 1. The molecule has 13 nitrogen and oxygen atoms in total. The van der Waals surface area contributed by atoms with Crippen LogP contribution in [0.1, 0.15) is 31.1 Å². The van der Waals surface area contributed by atoms with E-state index in [-0.39, 0.29) is 17.6 Å². The summed E-state index contributed by atoms with van der Waals surface area (Å²) >= 11 is 0. The van der Waals surface area contributed by atoms with E-state index in [1.165, 1.54) is 30.7 Å². The largest absolute Gasteiger partial charge is 0.358 e. The number of benzene rings is 2. The second-order valence-electron chi connectivity index (χ2n) is 9.92. The molecule has 0 amide bonds. The Morgan fingerprint density at radius 2 is 1.89 bits per heavy atom. The summed E-state index contributed by atoms with van der Waals surface area (Å²) in [4.78, 5) is 28.1. The topological polar surface area (TPSA) is 167 Å². The van der Waals surface area contributed by atoms with Gasteiger partial charge in [-0.25, -0.2) is 37.1 Å². The molecule has 1 atom stereocenters. The number of anilines is 3. The zero-order valence-electron chi connectivity index (χ0n) is 22.9. The van der Waals surface area contributed by atoms with Crippen LogP contribution in [0.4, 0.5) is 31.7 Å². The highest BCUT2D eigenvalue weighted by Crippen LogP contribution is 2.35. The number of aromatic nitrogens is 5. The van der Waals surface area contributed by atoms with Crippen molar-refractivity contribution in [3.8, 4) is 11.3 Å². The Hall–Kier alpha value is -5.09. The first-order chi connectivity index (χ1) is 21.2. The molecule has 6 rings (SSSR count). The number of nitrogens with one attached hydrogen (secondary N) is 2. The Morgan fingerprint density at radius 3 is 2.68 bits per heavy atom. The molecular formula is C28H24F2N8O5S. The maximum atomic E-state index is 15.7. The van der Waals surface area contributed by atoms with Crippen LogP contribution in [0.15, 0.2) is 67.4 Å². The molecule has 226 valence electrons. The Morgan fingerprint density at radius 1 is 1.05 bits per heavy atom. The first-order valence-electron chi connectivity index (χ1n) is 13.4. The van der Waals surface area contributed by atoms with Crippen LogP contribution >= 0.6 is 0 Å². The molecule has 16 heteroatoms. The van der Waals surface area contributed by atoms with Gasteiger partial charge in [-0.1, -0.05) is 18.2 Å². The number of hydrogen-bond donors (Lipinski definition) is 2. The van der Waals surface area contributed by atoms with Gasteiger partial charge in [0.15, 0.2) is 11.5 Å². The quantitative estimate of drug-likeness (QED) is 0.159. The first kappa shape index (κ1) is 29.0. The standard InChI is InChI=1S/C28H24F2N8O5S/c29-19-10-11-20(36-44(41,42)14-17-6-1-2-8-21(17)38(39)40)23(30)25(19)35-27-18(7-5-12-31-27)24-26-28(33-15-32-24)37(16-34-26)22-9-3-4-13-43-22/h1-2,5-8,10-12,15-16,22,36H,3-4,9,13-14H2,(H,31,35). The van der Waals surface area contributed by atoms with Crippen LogP contribution in [0.5, 0.6) is 0 Å². The van der Waals surface area contributed by atoms with E-state index in [0.29, 0.717) is 29.0 Å². The summed E-state index contributed by atoms with van der Waals surface area (Å²) < 4.78 is 66.2. The van der Waals surface area contributed by atoms with Crippen molar-refractivity contribution >= 4 is 44.1 Å². The lowest BCUT2D eigenvalue weighted by atomic mass is 10.1. The van der Waals surface area contributed by atoms with Gasteiger partial charge in [0.2, 0.25) is 10.0 Å². The molecule has 4 heterocycles. The predicted molar refractivity (Wildman–Crippen MR) is 156 cm³/mol. The third kappa shape index (κ3) is 5.76. The van der Waals surface area contributed by atoms with Crippen molar-refractivity contribution in [3.63, 3.8) is 0 Å². The van der Waals surface area contributed by atoms with Crippen LogP contribution in [0.2, 0.25) is 0 Å². The highest BCUT2D eigenvalue weighted by molar-refractivity contribution is 7.91. The average molecular weight is 623 g/mol. The zero-order chi connectivity index (χ0) is 30.8. The van der Waals surface area contributed by atoms with Crippen molar-refractivity contribution in [2.75, 3.05) is 16.6 Å². The molecule has 0 bridgehead atoms. The fourth-order valence-corrected chi connectivity index (χ4v) is 6.20. The maximum absolute atomic E-state index is 15.7. The zero-order valence-corrected chi connectivity index (χ0v) is 23.7. The number of rotatable bonds is 9.